The van der Waals surface area contributed by atoms with Crippen LogP contribution in [0.3, 0.4) is 0 Å². The average molecular weight is 502 g/mol. The van der Waals surface area contributed by atoms with E-state index < -0.39 is 44.7 Å². The molecule has 7 nitrogen and oxygen atoms in total. The Labute approximate surface area is 190 Å². The van der Waals surface area contributed by atoms with Crippen LogP contribution in [-0.4, -0.2) is 20.9 Å². The number of sulfonamides is 1. The minimum absolute atomic E-state index is 0.000334. The highest BCUT2D eigenvalue weighted by Gasteiger charge is 2.32. The van der Waals surface area contributed by atoms with Crippen LogP contribution in [0.25, 0.3) is 0 Å². The number of halogens is 5. The first-order chi connectivity index (χ1) is 15.8. The van der Waals surface area contributed by atoms with E-state index >= 15 is 0 Å². The molecule has 0 aromatic heterocycles. The molecule has 0 aliphatic rings. The molecule has 3 N–H and O–H groups in total. The molecule has 180 valence electrons. The van der Waals surface area contributed by atoms with Crippen LogP contribution in [0.2, 0.25) is 0 Å². The summed E-state index contributed by atoms with van der Waals surface area (Å²) in [7, 11) is -4.26. The molecule has 0 unspecified atom stereocenters. The number of anilines is 1. The molecule has 0 radical (unpaired) electrons. The molecule has 0 saturated heterocycles. The predicted molar refractivity (Wildman–Crippen MR) is 110 cm³/mol. The van der Waals surface area contributed by atoms with E-state index in [-0.39, 0.29) is 22.9 Å². The van der Waals surface area contributed by atoms with E-state index in [4.69, 9.17) is 9.88 Å². The fourth-order valence-electron chi connectivity index (χ4n) is 2.80. The van der Waals surface area contributed by atoms with Gasteiger partial charge in [-0.05, 0) is 54.6 Å². The van der Waals surface area contributed by atoms with Gasteiger partial charge in [0.25, 0.3) is 5.91 Å². The van der Waals surface area contributed by atoms with Crippen LogP contribution in [0.4, 0.5) is 27.6 Å². The summed E-state index contributed by atoms with van der Waals surface area (Å²) >= 11 is 0. The molecule has 0 atom stereocenters. The first-order valence-corrected chi connectivity index (χ1v) is 10.8. The Morgan fingerprint density at radius 3 is 2.15 bits per heavy atom. The molecule has 3 aromatic rings. The van der Waals surface area contributed by atoms with Gasteiger partial charge in [0.05, 0.1) is 16.8 Å². The summed E-state index contributed by atoms with van der Waals surface area (Å²) in [6, 6.07) is 11.8. The maximum atomic E-state index is 13.2. The first-order valence-electron chi connectivity index (χ1n) is 9.22. The van der Waals surface area contributed by atoms with E-state index in [1.807, 2.05) is 0 Å². The lowest BCUT2D eigenvalue weighted by Crippen LogP contribution is -2.19. The van der Waals surface area contributed by atoms with Gasteiger partial charge in [0.15, 0.2) is 0 Å². The number of primary sulfonamides is 1. The number of nitrogens with two attached hydrogens (primary N) is 1. The quantitative estimate of drug-likeness (QED) is 0.442. The van der Waals surface area contributed by atoms with Crippen molar-refractivity contribution in [3.05, 3.63) is 77.9 Å². The fourth-order valence-corrected chi connectivity index (χ4v) is 3.49. The lowest BCUT2D eigenvalue weighted by molar-refractivity contribution is -0.137. The van der Waals surface area contributed by atoms with Gasteiger partial charge in [0.2, 0.25) is 10.0 Å². The van der Waals surface area contributed by atoms with E-state index in [1.54, 1.807) is 0 Å². The molecule has 3 rings (SSSR count). The number of nitrogens with one attached hydrogen (secondary N) is 1. The summed E-state index contributed by atoms with van der Waals surface area (Å²) in [4.78, 5) is 12.4. The van der Waals surface area contributed by atoms with Gasteiger partial charge in [-0.2, -0.15) is 22.0 Å². The van der Waals surface area contributed by atoms with Crippen LogP contribution in [0, 0.1) is 0 Å². The molecule has 0 heterocycles. The lowest BCUT2D eigenvalue weighted by Gasteiger charge is -2.15. The predicted octanol–water partition coefficient (Wildman–Crippen LogP) is 5.00. The zero-order valence-corrected chi connectivity index (χ0v) is 17.7. The standard InChI is InChI=1S/C21H15F5N2O5S/c22-20(23)33-14-8-6-13(7-9-14)32-17-10-5-12(21(24,25)26)11-15(17)19(29)28-16-3-1-2-4-18(16)34(27,30)31/h1-11,20H,(H,28,29)(H2,27,30,31). The van der Waals surface area contributed by atoms with E-state index in [0.717, 1.165) is 24.3 Å². The number of amides is 1. The van der Waals surface area contributed by atoms with Crippen molar-refractivity contribution in [2.75, 3.05) is 5.32 Å². The number of hydrogen-bond donors (Lipinski definition) is 2. The third kappa shape index (κ3) is 6.20. The fraction of sp³-hybridized carbons (Fsp3) is 0.0952. The Hall–Kier alpha value is -3.71. The highest BCUT2D eigenvalue weighted by Crippen LogP contribution is 2.35. The van der Waals surface area contributed by atoms with Crippen molar-refractivity contribution in [3.63, 3.8) is 0 Å². The molecule has 3 aromatic carbocycles. The lowest BCUT2D eigenvalue weighted by atomic mass is 10.1. The summed E-state index contributed by atoms with van der Waals surface area (Å²) < 4.78 is 97.5. The number of ether oxygens (including phenoxy) is 2. The van der Waals surface area contributed by atoms with Gasteiger partial charge in [-0.15, -0.1) is 0 Å². The minimum atomic E-state index is -4.79. The summed E-state index contributed by atoms with van der Waals surface area (Å²) in [6.45, 7) is -3.06. The second-order valence-electron chi connectivity index (χ2n) is 6.66. The number of carbonyl (C=O) groups is 1. The molecular weight excluding hydrogens is 487 g/mol. The summed E-state index contributed by atoms with van der Waals surface area (Å²) in [6.07, 6.45) is -4.79. The number of alkyl halides is 5. The average Bonchev–Trinajstić information content (AvgIpc) is 2.74. The van der Waals surface area contributed by atoms with Crippen LogP contribution < -0.4 is 19.9 Å². The maximum Gasteiger partial charge on any atom is 0.416 e. The van der Waals surface area contributed by atoms with Gasteiger partial charge >= 0.3 is 12.8 Å². The maximum absolute atomic E-state index is 13.2. The van der Waals surface area contributed by atoms with Crippen molar-refractivity contribution in [2.45, 2.75) is 17.7 Å². The van der Waals surface area contributed by atoms with Crippen LogP contribution in [0.1, 0.15) is 15.9 Å². The molecule has 13 heteroatoms. The monoisotopic (exact) mass is 502 g/mol. The van der Waals surface area contributed by atoms with Crippen molar-refractivity contribution in [3.8, 4) is 17.2 Å². The normalized spacial score (nSPS) is 11.9. The van der Waals surface area contributed by atoms with Gasteiger partial charge < -0.3 is 14.8 Å². The zero-order valence-electron chi connectivity index (χ0n) is 16.8. The topological polar surface area (TPSA) is 108 Å². The minimum Gasteiger partial charge on any atom is -0.457 e. The van der Waals surface area contributed by atoms with E-state index in [0.29, 0.717) is 12.1 Å². The third-order valence-corrected chi connectivity index (χ3v) is 5.24. The number of hydrogen-bond acceptors (Lipinski definition) is 5. The molecule has 0 spiro atoms. The number of carbonyl (C=O) groups excluding carboxylic acids is 1. The smallest absolute Gasteiger partial charge is 0.416 e. The van der Waals surface area contributed by atoms with Gasteiger partial charge in [-0.25, -0.2) is 13.6 Å². The van der Waals surface area contributed by atoms with Gasteiger partial charge in [-0.1, -0.05) is 12.1 Å². The third-order valence-electron chi connectivity index (χ3n) is 4.27. The Morgan fingerprint density at radius 1 is 0.941 bits per heavy atom. The molecule has 0 saturated carbocycles. The van der Waals surface area contributed by atoms with E-state index in [2.05, 4.69) is 10.1 Å². The molecule has 0 aliphatic carbocycles. The van der Waals surface area contributed by atoms with Crippen molar-refractivity contribution in [1.29, 1.82) is 0 Å². The SMILES string of the molecule is NS(=O)(=O)c1ccccc1NC(=O)c1cc(C(F)(F)F)ccc1Oc1ccc(OC(F)F)cc1. The van der Waals surface area contributed by atoms with Crippen molar-refractivity contribution in [2.24, 2.45) is 5.14 Å². The van der Waals surface area contributed by atoms with Gasteiger partial charge in [0, 0.05) is 0 Å². The first kappa shape index (κ1) is 24.9. The van der Waals surface area contributed by atoms with Crippen LogP contribution in [0.15, 0.2) is 71.6 Å². The summed E-state index contributed by atoms with van der Waals surface area (Å²) in [5, 5.41) is 7.34. The second kappa shape index (κ2) is 9.65. The van der Waals surface area contributed by atoms with Crippen LogP contribution in [-0.2, 0) is 16.2 Å². The number of para-hydroxylation sites is 1. The molecule has 0 bridgehead atoms. The van der Waals surface area contributed by atoms with Gasteiger partial charge in [0.1, 0.15) is 22.1 Å². The molecule has 34 heavy (non-hydrogen) atoms. The van der Waals surface area contributed by atoms with Crippen molar-refractivity contribution < 1.29 is 44.6 Å². The highest BCUT2D eigenvalue weighted by atomic mass is 32.2. The van der Waals surface area contributed by atoms with Gasteiger partial charge in [-0.3, -0.25) is 4.79 Å². The van der Waals surface area contributed by atoms with Crippen molar-refractivity contribution >= 4 is 21.6 Å². The zero-order chi connectivity index (χ0) is 25.1. The van der Waals surface area contributed by atoms with Crippen LogP contribution >= 0.6 is 0 Å². The Balaban J connectivity index is 1.97. The summed E-state index contributed by atoms with van der Waals surface area (Å²) in [5.41, 5.74) is -2.00. The Kier molecular flexibility index (Phi) is 7.07. The second-order valence-corrected chi connectivity index (χ2v) is 8.19. The molecule has 0 aliphatic heterocycles. The molecule has 0 fully saturated rings. The highest BCUT2D eigenvalue weighted by molar-refractivity contribution is 7.89. The van der Waals surface area contributed by atoms with E-state index in [9.17, 15) is 35.2 Å². The Morgan fingerprint density at radius 2 is 1.56 bits per heavy atom. The Bertz CT molecular complexity index is 1300. The van der Waals surface area contributed by atoms with E-state index in [1.165, 1.54) is 30.3 Å². The number of rotatable bonds is 7. The van der Waals surface area contributed by atoms with Crippen LogP contribution in [0.5, 0.6) is 17.2 Å². The molecular formula is C21H15F5N2O5S. The summed E-state index contributed by atoms with van der Waals surface area (Å²) in [5.74, 6) is -1.62. The van der Waals surface area contributed by atoms with Crippen molar-refractivity contribution in [1.82, 2.24) is 0 Å². The largest absolute Gasteiger partial charge is 0.457 e. The number of benzene rings is 3. The molecule has 1 amide bonds.